The second kappa shape index (κ2) is 11.4. The highest BCUT2D eigenvalue weighted by Crippen LogP contribution is 2.39. The molecule has 33 heavy (non-hydrogen) atoms. The minimum atomic E-state index is 0.174. The molecule has 4 nitrogen and oxygen atoms in total. The van der Waals surface area contributed by atoms with Crippen LogP contribution in [0, 0.1) is 5.92 Å². The Morgan fingerprint density at radius 3 is 2.27 bits per heavy atom. The number of hydrogen-bond acceptors (Lipinski definition) is 4. The minimum Gasteiger partial charge on any atom is -0.508 e. The fraction of sp³-hybridized carbons (Fsp3) is 0.379. The van der Waals surface area contributed by atoms with Crippen LogP contribution in [0.15, 0.2) is 78.5 Å². The molecule has 1 unspecified atom stereocenters. The number of likely N-dealkylation sites (N-methyl/N-ethyl adjacent to an activating group) is 1. The summed E-state index contributed by atoms with van der Waals surface area (Å²) in [4.78, 5) is 5.01. The molecule has 1 aliphatic carbocycles. The molecule has 1 aliphatic heterocycles. The van der Waals surface area contributed by atoms with Gasteiger partial charge in [-0.05, 0) is 66.3 Å². The lowest BCUT2D eigenvalue weighted by Crippen LogP contribution is -2.45. The third-order valence-electron chi connectivity index (χ3n) is 6.85. The average molecular weight is 445 g/mol. The first-order valence-electron chi connectivity index (χ1n) is 12.2. The van der Waals surface area contributed by atoms with Crippen LogP contribution >= 0.6 is 0 Å². The van der Waals surface area contributed by atoms with Crippen LogP contribution in [0.4, 0.5) is 0 Å². The normalized spacial score (nSPS) is 19.9. The zero-order valence-electron chi connectivity index (χ0n) is 19.7. The number of aromatic hydroxyl groups is 1. The van der Waals surface area contributed by atoms with E-state index in [0.717, 1.165) is 57.5 Å². The SMILES string of the molecule is CCN1CCN(C2=CCC(/C(=C(/CCCO)c3ccccc3)c3ccc(O)cc3)C=C2)CC1. The van der Waals surface area contributed by atoms with Crippen LogP contribution in [-0.4, -0.2) is 59.3 Å². The van der Waals surface area contributed by atoms with Crippen LogP contribution < -0.4 is 0 Å². The third kappa shape index (κ3) is 5.76. The van der Waals surface area contributed by atoms with E-state index in [2.05, 4.69) is 59.2 Å². The second-order valence-corrected chi connectivity index (χ2v) is 8.88. The molecule has 1 heterocycles. The quantitative estimate of drug-likeness (QED) is 0.551. The molecule has 0 aromatic heterocycles. The van der Waals surface area contributed by atoms with Crippen molar-refractivity contribution < 1.29 is 10.2 Å². The van der Waals surface area contributed by atoms with Crippen molar-refractivity contribution >= 4 is 11.1 Å². The lowest BCUT2D eigenvalue weighted by Gasteiger charge is -2.37. The highest BCUT2D eigenvalue weighted by atomic mass is 16.3. The van der Waals surface area contributed by atoms with Gasteiger partial charge in [0.25, 0.3) is 0 Å². The predicted molar refractivity (Wildman–Crippen MR) is 137 cm³/mol. The minimum absolute atomic E-state index is 0.174. The Balaban J connectivity index is 1.66. The topological polar surface area (TPSA) is 46.9 Å². The first-order valence-corrected chi connectivity index (χ1v) is 12.2. The number of benzene rings is 2. The molecule has 0 bridgehead atoms. The van der Waals surface area contributed by atoms with Gasteiger partial charge in [0, 0.05) is 44.4 Å². The number of allylic oxidation sites excluding steroid dienone is 5. The maximum atomic E-state index is 9.88. The number of phenols is 1. The van der Waals surface area contributed by atoms with E-state index in [-0.39, 0.29) is 18.3 Å². The van der Waals surface area contributed by atoms with Crippen LogP contribution in [-0.2, 0) is 0 Å². The fourth-order valence-electron chi connectivity index (χ4n) is 4.96. The standard InChI is InChI=1S/C29H36N2O2/c1-2-30-18-20-31(21-19-30)26-14-10-24(11-15-26)29(25-12-16-27(33)17-13-25)28(9-6-22-32)23-7-4-3-5-8-23/h3-5,7-8,10,12-17,24,32-33H,2,6,9,11,18-22H2,1H3/b29-28+. The maximum Gasteiger partial charge on any atom is 0.115 e. The molecule has 0 radical (unpaired) electrons. The Hall–Kier alpha value is -2.82. The van der Waals surface area contributed by atoms with Crippen molar-refractivity contribution in [1.29, 1.82) is 0 Å². The van der Waals surface area contributed by atoms with Crippen molar-refractivity contribution in [2.24, 2.45) is 5.92 Å². The van der Waals surface area contributed by atoms with E-state index in [1.165, 1.54) is 22.4 Å². The summed E-state index contributed by atoms with van der Waals surface area (Å²) in [6.07, 6.45) is 9.53. The van der Waals surface area contributed by atoms with Gasteiger partial charge in [0.1, 0.15) is 5.75 Å². The van der Waals surface area contributed by atoms with Gasteiger partial charge in [-0.15, -0.1) is 0 Å². The fourth-order valence-corrected chi connectivity index (χ4v) is 4.96. The Bertz CT molecular complexity index is 984. The Labute approximate surface area is 198 Å². The molecule has 1 saturated heterocycles. The number of nitrogens with zero attached hydrogens (tertiary/aromatic N) is 2. The highest BCUT2D eigenvalue weighted by molar-refractivity contribution is 5.92. The van der Waals surface area contributed by atoms with Gasteiger partial charge in [0.15, 0.2) is 0 Å². The molecular formula is C29H36N2O2. The molecule has 2 aliphatic rings. The van der Waals surface area contributed by atoms with Gasteiger partial charge in [-0.1, -0.05) is 61.5 Å². The Morgan fingerprint density at radius 1 is 0.939 bits per heavy atom. The van der Waals surface area contributed by atoms with E-state index >= 15 is 0 Å². The molecule has 2 aromatic rings. The largest absolute Gasteiger partial charge is 0.508 e. The molecular weight excluding hydrogens is 408 g/mol. The first kappa shape index (κ1) is 23.3. The van der Waals surface area contributed by atoms with E-state index in [9.17, 15) is 10.2 Å². The zero-order valence-corrected chi connectivity index (χ0v) is 19.7. The third-order valence-corrected chi connectivity index (χ3v) is 6.85. The smallest absolute Gasteiger partial charge is 0.115 e. The van der Waals surface area contributed by atoms with E-state index in [1.807, 2.05) is 18.2 Å². The van der Waals surface area contributed by atoms with Crippen LogP contribution in [0.1, 0.15) is 37.3 Å². The number of phenolic OH excluding ortho intramolecular Hbond substituents is 1. The number of aliphatic hydroxyl groups excluding tert-OH is 1. The van der Waals surface area contributed by atoms with Gasteiger partial charge in [0.05, 0.1) is 0 Å². The summed E-state index contributed by atoms with van der Waals surface area (Å²) in [5, 5.41) is 19.5. The zero-order chi connectivity index (χ0) is 23.0. The van der Waals surface area contributed by atoms with Gasteiger partial charge in [-0.3, -0.25) is 0 Å². The predicted octanol–water partition coefficient (Wildman–Crippen LogP) is 5.17. The van der Waals surface area contributed by atoms with Crippen LogP contribution in [0.25, 0.3) is 11.1 Å². The van der Waals surface area contributed by atoms with Gasteiger partial charge >= 0.3 is 0 Å². The molecule has 1 fully saturated rings. The summed E-state index contributed by atoms with van der Waals surface area (Å²) in [6, 6.07) is 18.1. The van der Waals surface area contributed by atoms with Crippen molar-refractivity contribution in [3.05, 3.63) is 89.6 Å². The van der Waals surface area contributed by atoms with Crippen molar-refractivity contribution in [3.63, 3.8) is 0 Å². The maximum absolute atomic E-state index is 9.88. The second-order valence-electron chi connectivity index (χ2n) is 8.88. The van der Waals surface area contributed by atoms with Crippen LogP contribution in [0.2, 0.25) is 0 Å². The molecule has 0 amide bonds. The molecule has 0 spiro atoms. The van der Waals surface area contributed by atoms with Crippen molar-refractivity contribution in [2.75, 3.05) is 39.3 Å². The molecule has 4 rings (SSSR count). The molecule has 4 heteroatoms. The van der Waals surface area contributed by atoms with E-state index < -0.39 is 0 Å². The lowest BCUT2D eigenvalue weighted by molar-refractivity contribution is 0.168. The number of piperazine rings is 1. The van der Waals surface area contributed by atoms with Crippen LogP contribution in [0.3, 0.4) is 0 Å². The monoisotopic (exact) mass is 444 g/mol. The summed E-state index contributed by atoms with van der Waals surface area (Å²) in [6.45, 7) is 7.96. The number of aliphatic hydroxyl groups is 1. The average Bonchev–Trinajstić information content (AvgIpc) is 2.88. The molecule has 1 atom stereocenters. The summed E-state index contributed by atoms with van der Waals surface area (Å²) in [7, 11) is 0. The summed E-state index contributed by atoms with van der Waals surface area (Å²) < 4.78 is 0. The molecule has 2 aromatic carbocycles. The van der Waals surface area contributed by atoms with Crippen molar-refractivity contribution in [3.8, 4) is 5.75 Å². The van der Waals surface area contributed by atoms with Crippen molar-refractivity contribution in [2.45, 2.75) is 26.2 Å². The molecule has 0 saturated carbocycles. The number of hydrogen-bond donors (Lipinski definition) is 2. The van der Waals surface area contributed by atoms with Gasteiger partial charge in [-0.2, -0.15) is 0 Å². The Morgan fingerprint density at radius 2 is 1.67 bits per heavy atom. The number of rotatable bonds is 8. The lowest BCUT2D eigenvalue weighted by atomic mass is 9.80. The van der Waals surface area contributed by atoms with Gasteiger partial charge in [0.2, 0.25) is 0 Å². The van der Waals surface area contributed by atoms with Crippen molar-refractivity contribution in [1.82, 2.24) is 9.80 Å². The Kier molecular flexibility index (Phi) is 8.03. The summed E-state index contributed by atoms with van der Waals surface area (Å²) in [5.41, 5.74) is 6.24. The molecule has 174 valence electrons. The van der Waals surface area contributed by atoms with Crippen LogP contribution in [0.5, 0.6) is 5.75 Å². The first-order chi connectivity index (χ1) is 16.2. The summed E-state index contributed by atoms with van der Waals surface area (Å²) in [5.74, 6) is 0.534. The van der Waals surface area contributed by atoms with Gasteiger partial charge in [-0.25, -0.2) is 0 Å². The highest BCUT2D eigenvalue weighted by Gasteiger charge is 2.23. The van der Waals surface area contributed by atoms with E-state index in [0.29, 0.717) is 0 Å². The van der Waals surface area contributed by atoms with Gasteiger partial charge < -0.3 is 20.0 Å². The molecule has 2 N–H and O–H groups in total. The van der Waals surface area contributed by atoms with E-state index in [1.54, 1.807) is 12.1 Å². The summed E-state index contributed by atoms with van der Waals surface area (Å²) >= 11 is 0. The van der Waals surface area contributed by atoms with E-state index in [4.69, 9.17) is 0 Å².